The molecule has 0 radical (unpaired) electrons. The number of amides is 1. The molecule has 0 bridgehead atoms. The van der Waals surface area contributed by atoms with Crippen molar-refractivity contribution in [3.05, 3.63) is 70.1 Å². The fourth-order valence-corrected chi connectivity index (χ4v) is 1.88. The van der Waals surface area contributed by atoms with Crippen molar-refractivity contribution in [3.8, 4) is 0 Å². The van der Waals surface area contributed by atoms with Gasteiger partial charge in [-0.3, -0.25) is 9.59 Å². The summed E-state index contributed by atoms with van der Waals surface area (Å²) in [6, 6.07) is 12.9. The highest BCUT2D eigenvalue weighted by molar-refractivity contribution is 5.93. The van der Waals surface area contributed by atoms with Crippen LogP contribution in [0.2, 0.25) is 0 Å². The fraction of sp³-hybridized carbons (Fsp3) is 0.200. The molecule has 0 aliphatic rings. The van der Waals surface area contributed by atoms with E-state index in [9.17, 15) is 9.59 Å². The zero-order chi connectivity index (χ0) is 13.7. The third-order valence-electron chi connectivity index (χ3n) is 2.81. The highest BCUT2D eigenvalue weighted by Crippen LogP contribution is 2.03. The minimum absolute atomic E-state index is 0.0295. The minimum atomic E-state index is -0.214. The van der Waals surface area contributed by atoms with Crippen LogP contribution in [0.5, 0.6) is 0 Å². The molecule has 98 valence electrons. The molecular weight excluding hydrogens is 240 g/mol. The molecule has 0 spiro atoms. The van der Waals surface area contributed by atoms with Crippen LogP contribution in [0.25, 0.3) is 0 Å². The number of hydrogen-bond acceptors (Lipinski definition) is 2. The Bertz CT molecular complexity index is 585. The summed E-state index contributed by atoms with van der Waals surface area (Å²) in [6.45, 7) is 1.95. The summed E-state index contributed by atoms with van der Waals surface area (Å²) in [5, 5.41) is 2.90. The van der Waals surface area contributed by atoms with Crippen molar-refractivity contribution in [2.45, 2.75) is 19.4 Å². The third kappa shape index (κ3) is 3.81. The van der Waals surface area contributed by atoms with E-state index in [1.807, 2.05) is 37.3 Å². The van der Waals surface area contributed by atoms with Crippen LogP contribution in [0.15, 0.2) is 53.5 Å². The number of nitrogens with one attached hydrogen (secondary N) is 2. The normalized spacial score (nSPS) is 11.8. The lowest BCUT2D eigenvalue weighted by Gasteiger charge is -2.13. The van der Waals surface area contributed by atoms with Crippen molar-refractivity contribution in [2.24, 2.45) is 0 Å². The lowest BCUT2D eigenvalue weighted by molar-refractivity contribution is 0.0939. The molecule has 1 amide bonds. The summed E-state index contributed by atoms with van der Waals surface area (Å²) in [4.78, 5) is 25.3. The van der Waals surface area contributed by atoms with Crippen molar-refractivity contribution in [3.63, 3.8) is 0 Å². The molecule has 2 aromatic rings. The number of aromatic nitrogens is 1. The first-order valence-corrected chi connectivity index (χ1v) is 6.18. The number of aromatic amines is 1. The van der Waals surface area contributed by atoms with Crippen LogP contribution >= 0.6 is 0 Å². The summed E-state index contributed by atoms with van der Waals surface area (Å²) in [5.41, 5.74) is 1.42. The van der Waals surface area contributed by atoms with Gasteiger partial charge in [0.15, 0.2) is 0 Å². The van der Waals surface area contributed by atoms with Gasteiger partial charge in [-0.1, -0.05) is 30.3 Å². The van der Waals surface area contributed by atoms with Gasteiger partial charge < -0.3 is 10.3 Å². The van der Waals surface area contributed by atoms with Gasteiger partial charge in [0.05, 0.1) is 5.56 Å². The molecule has 1 aromatic heterocycles. The molecule has 4 nitrogen and oxygen atoms in total. The molecule has 0 aliphatic carbocycles. The lowest BCUT2D eigenvalue weighted by atomic mass is 10.1. The molecule has 0 saturated heterocycles. The Labute approximate surface area is 111 Å². The quantitative estimate of drug-likeness (QED) is 0.875. The summed E-state index contributed by atoms with van der Waals surface area (Å²) < 4.78 is 0. The monoisotopic (exact) mass is 256 g/mol. The van der Waals surface area contributed by atoms with Crippen LogP contribution < -0.4 is 10.9 Å². The van der Waals surface area contributed by atoms with E-state index in [0.29, 0.717) is 5.56 Å². The fourth-order valence-electron chi connectivity index (χ4n) is 1.88. The van der Waals surface area contributed by atoms with E-state index in [-0.39, 0.29) is 17.5 Å². The standard InChI is InChI=1S/C15H16N2O2/c1-11(9-12-5-3-2-4-6-12)17-15(19)13-7-8-14(18)16-10-13/h2-8,10-11H,9H2,1H3,(H,16,18)(H,17,19). The number of carbonyl (C=O) groups excluding carboxylic acids is 1. The lowest BCUT2D eigenvalue weighted by Crippen LogP contribution is -2.34. The number of rotatable bonds is 4. The molecule has 4 heteroatoms. The Kier molecular flexibility index (Phi) is 4.13. The van der Waals surface area contributed by atoms with Gasteiger partial charge in [-0.05, 0) is 25.0 Å². The number of benzene rings is 1. The predicted octanol–water partition coefficient (Wildman–Crippen LogP) is 1.74. The van der Waals surface area contributed by atoms with Crippen molar-refractivity contribution in [1.82, 2.24) is 10.3 Å². The molecule has 0 fully saturated rings. The molecule has 0 saturated carbocycles. The van der Waals surface area contributed by atoms with Crippen molar-refractivity contribution >= 4 is 5.91 Å². The second-order valence-electron chi connectivity index (χ2n) is 4.51. The smallest absolute Gasteiger partial charge is 0.252 e. The van der Waals surface area contributed by atoms with Crippen LogP contribution in [-0.2, 0) is 6.42 Å². The van der Waals surface area contributed by atoms with E-state index in [1.54, 1.807) is 0 Å². The van der Waals surface area contributed by atoms with Crippen LogP contribution in [0.4, 0.5) is 0 Å². The largest absolute Gasteiger partial charge is 0.349 e. The van der Waals surface area contributed by atoms with E-state index in [2.05, 4.69) is 10.3 Å². The predicted molar refractivity (Wildman–Crippen MR) is 74.1 cm³/mol. The molecule has 1 aromatic carbocycles. The van der Waals surface area contributed by atoms with Crippen LogP contribution in [0.3, 0.4) is 0 Å². The average Bonchev–Trinajstić information content (AvgIpc) is 2.40. The molecule has 1 unspecified atom stereocenters. The van der Waals surface area contributed by atoms with Crippen LogP contribution in [0.1, 0.15) is 22.8 Å². The SMILES string of the molecule is CC(Cc1ccccc1)NC(=O)c1ccc(=O)[nH]c1. The molecule has 1 heterocycles. The second kappa shape index (κ2) is 6.00. The van der Waals surface area contributed by atoms with Gasteiger partial charge in [-0.2, -0.15) is 0 Å². The van der Waals surface area contributed by atoms with E-state index in [1.165, 1.54) is 23.9 Å². The second-order valence-corrected chi connectivity index (χ2v) is 4.51. The first-order chi connectivity index (χ1) is 9.15. The number of carbonyl (C=O) groups is 1. The van der Waals surface area contributed by atoms with Crippen molar-refractivity contribution in [1.29, 1.82) is 0 Å². The zero-order valence-electron chi connectivity index (χ0n) is 10.7. The van der Waals surface area contributed by atoms with E-state index in [4.69, 9.17) is 0 Å². The van der Waals surface area contributed by atoms with E-state index in [0.717, 1.165) is 6.42 Å². The molecule has 1 atom stereocenters. The molecule has 0 aliphatic heterocycles. The van der Waals surface area contributed by atoms with E-state index >= 15 is 0 Å². The Balaban J connectivity index is 1.95. The molecule has 2 rings (SSSR count). The summed E-state index contributed by atoms with van der Waals surface area (Å²) >= 11 is 0. The van der Waals surface area contributed by atoms with Crippen molar-refractivity contribution in [2.75, 3.05) is 0 Å². The van der Waals surface area contributed by atoms with Gasteiger partial charge in [0.25, 0.3) is 5.91 Å². The maximum atomic E-state index is 11.9. The average molecular weight is 256 g/mol. The van der Waals surface area contributed by atoms with Gasteiger partial charge in [0.1, 0.15) is 0 Å². The Morgan fingerprint density at radius 1 is 1.21 bits per heavy atom. The first-order valence-electron chi connectivity index (χ1n) is 6.18. The zero-order valence-corrected chi connectivity index (χ0v) is 10.7. The third-order valence-corrected chi connectivity index (χ3v) is 2.81. The van der Waals surface area contributed by atoms with Gasteiger partial charge in [0, 0.05) is 18.3 Å². The van der Waals surface area contributed by atoms with E-state index < -0.39 is 0 Å². The maximum absolute atomic E-state index is 11.9. The topological polar surface area (TPSA) is 62.0 Å². The highest BCUT2D eigenvalue weighted by atomic mass is 16.2. The Morgan fingerprint density at radius 3 is 2.58 bits per heavy atom. The Hall–Kier alpha value is -2.36. The molecule has 19 heavy (non-hydrogen) atoms. The van der Waals surface area contributed by atoms with Crippen molar-refractivity contribution < 1.29 is 4.79 Å². The summed E-state index contributed by atoms with van der Waals surface area (Å²) in [7, 11) is 0. The molecular formula is C15H16N2O2. The Morgan fingerprint density at radius 2 is 1.95 bits per heavy atom. The number of H-pyrrole nitrogens is 1. The van der Waals surface area contributed by atoms with Gasteiger partial charge >= 0.3 is 0 Å². The van der Waals surface area contributed by atoms with Gasteiger partial charge in [0.2, 0.25) is 5.56 Å². The summed E-state index contributed by atoms with van der Waals surface area (Å²) in [6.07, 6.45) is 2.20. The number of pyridine rings is 1. The summed E-state index contributed by atoms with van der Waals surface area (Å²) in [5.74, 6) is -0.181. The first kappa shape index (κ1) is 13.1. The van der Waals surface area contributed by atoms with Gasteiger partial charge in [-0.15, -0.1) is 0 Å². The van der Waals surface area contributed by atoms with Crippen LogP contribution in [-0.4, -0.2) is 16.9 Å². The highest BCUT2D eigenvalue weighted by Gasteiger charge is 2.10. The van der Waals surface area contributed by atoms with Crippen LogP contribution in [0, 0.1) is 0 Å². The number of hydrogen-bond donors (Lipinski definition) is 2. The minimum Gasteiger partial charge on any atom is -0.349 e. The maximum Gasteiger partial charge on any atom is 0.252 e. The van der Waals surface area contributed by atoms with Gasteiger partial charge in [-0.25, -0.2) is 0 Å². The molecule has 2 N–H and O–H groups in total.